The summed E-state index contributed by atoms with van der Waals surface area (Å²) in [5.41, 5.74) is 4.00. The lowest BCUT2D eigenvalue weighted by Gasteiger charge is -2.41. The smallest absolute Gasteiger partial charge is 0.272 e. The Kier molecular flexibility index (Phi) is 6.16. The second-order valence-electron chi connectivity index (χ2n) is 7.22. The van der Waals surface area contributed by atoms with Crippen LogP contribution >= 0.6 is 0 Å². The SMILES string of the molecule is CCOCCn1nc(C)cc1C(=O)N1CCN(c2ccc(C)cc2)CC1C. The van der Waals surface area contributed by atoms with Crippen LogP contribution < -0.4 is 4.90 Å². The minimum absolute atomic E-state index is 0.0585. The molecule has 1 aromatic heterocycles. The zero-order valence-electron chi connectivity index (χ0n) is 16.8. The first-order chi connectivity index (χ1) is 13.0. The van der Waals surface area contributed by atoms with E-state index in [0.717, 1.165) is 18.8 Å². The third-order valence-corrected chi connectivity index (χ3v) is 5.06. The van der Waals surface area contributed by atoms with Crippen LogP contribution in [0.3, 0.4) is 0 Å². The average Bonchev–Trinajstić information content (AvgIpc) is 3.02. The molecule has 6 heteroatoms. The third kappa shape index (κ3) is 4.50. The lowest BCUT2D eigenvalue weighted by atomic mass is 10.1. The number of nitrogens with zero attached hydrogens (tertiary/aromatic N) is 4. The van der Waals surface area contributed by atoms with Gasteiger partial charge in [-0.25, -0.2) is 0 Å². The van der Waals surface area contributed by atoms with Crippen molar-refractivity contribution < 1.29 is 9.53 Å². The summed E-state index contributed by atoms with van der Waals surface area (Å²) < 4.78 is 7.21. The Morgan fingerprint density at radius 2 is 1.96 bits per heavy atom. The summed E-state index contributed by atoms with van der Waals surface area (Å²) in [6, 6.07) is 10.6. The number of benzene rings is 1. The zero-order chi connectivity index (χ0) is 19.4. The fourth-order valence-electron chi connectivity index (χ4n) is 3.58. The lowest BCUT2D eigenvalue weighted by molar-refractivity contribution is 0.0656. The van der Waals surface area contributed by atoms with E-state index in [4.69, 9.17) is 4.74 Å². The van der Waals surface area contributed by atoms with Crippen LogP contribution in [0.2, 0.25) is 0 Å². The van der Waals surface area contributed by atoms with Gasteiger partial charge in [0.05, 0.1) is 18.8 Å². The van der Waals surface area contributed by atoms with Crippen molar-refractivity contribution in [2.24, 2.45) is 0 Å². The highest BCUT2D eigenvalue weighted by atomic mass is 16.5. The van der Waals surface area contributed by atoms with Crippen LogP contribution in [-0.4, -0.2) is 59.5 Å². The maximum atomic E-state index is 13.2. The van der Waals surface area contributed by atoms with Crippen molar-refractivity contribution in [1.82, 2.24) is 14.7 Å². The highest BCUT2D eigenvalue weighted by molar-refractivity contribution is 5.93. The zero-order valence-corrected chi connectivity index (χ0v) is 16.8. The number of ether oxygens (including phenoxy) is 1. The van der Waals surface area contributed by atoms with Crippen LogP contribution in [0.5, 0.6) is 0 Å². The highest BCUT2D eigenvalue weighted by Gasteiger charge is 2.30. The number of hydrogen-bond acceptors (Lipinski definition) is 4. The van der Waals surface area contributed by atoms with Gasteiger partial charge >= 0.3 is 0 Å². The summed E-state index contributed by atoms with van der Waals surface area (Å²) in [5.74, 6) is 0.0585. The number of amides is 1. The molecule has 1 fully saturated rings. The van der Waals surface area contributed by atoms with Crippen molar-refractivity contribution in [1.29, 1.82) is 0 Å². The van der Waals surface area contributed by atoms with E-state index in [1.54, 1.807) is 4.68 Å². The van der Waals surface area contributed by atoms with E-state index < -0.39 is 0 Å². The first-order valence-electron chi connectivity index (χ1n) is 9.74. The van der Waals surface area contributed by atoms with E-state index >= 15 is 0 Å². The number of carbonyl (C=O) groups excluding carboxylic acids is 1. The van der Waals surface area contributed by atoms with Gasteiger partial charge in [-0.3, -0.25) is 9.48 Å². The van der Waals surface area contributed by atoms with Gasteiger partial charge in [-0.05, 0) is 45.9 Å². The summed E-state index contributed by atoms with van der Waals surface area (Å²) in [6.07, 6.45) is 0. The van der Waals surface area contributed by atoms with Gasteiger partial charge in [0, 0.05) is 38.0 Å². The molecule has 1 aliphatic heterocycles. The van der Waals surface area contributed by atoms with E-state index in [9.17, 15) is 4.79 Å². The van der Waals surface area contributed by atoms with Gasteiger partial charge in [-0.15, -0.1) is 0 Å². The molecule has 1 aromatic carbocycles. The van der Waals surface area contributed by atoms with Gasteiger partial charge in [0.15, 0.2) is 0 Å². The molecule has 0 radical (unpaired) electrons. The Bertz CT molecular complexity index is 769. The van der Waals surface area contributed by atoms with Gasteiger partial charge in [0.1, 0.15) is 5.69 Å². The van der Waals surface area contributed by atoms with Crippen LogP contribution in [0.4, 0.5) is 5.69 Å². The number of aromatic nitrogens is 2. The molecule has 0 saturated carbocycles. The van der Waals surface area contributed by atoms with Crippen molar-refractivity contribution in [3.8, 4) is 0 Å². The van der Waals surface area contributed by atoms with Crippen LogP contribution in [0.25, 0.3) is 0 Å². The van der Waals surface area contributed by atoms with Crippen LogP contribution in [-0.2, 0) is 11.3 Å². The van der Waals surface area contributed by atoms with Crippen molar-refractivity contribution in [2.75, 3.05) is 37.7 Å². The molecule has 0 aliphatic carbocycles. The molecule has 0 N–H and O–H groups in total. The standard InChI is InChI=1S/C21H30N4O2/c1-5-27-13-12-25-20(14-17(3)22-25)21(26)24-11-10-23(15-18(24)4)19-8-6-16(2)7-9-19/h6-9,14,18H,5,10-13,15H2,1-4H3. The van der Waals surface area contributed by atoms with Gasteiger partial charge in [0.2, 0.25) is 0 Å². The first kappa shape index (κ1) is 19.4. The summed E-state index contributed by atoms with van der Waals surface area (Å²) in [4.78, 5) is 17.5. The Balaban J connectivity index is 1.69. The molecule has 146 valence electrons. The first-order valence-corrected chi connectivity index (χ1v) is 9.74. The second kappa shape index (κ2) is 8.57. The van der Waals surface area contributed by atoms with Crippen LogP contribution in [0.15, 0.2) is 30.3 Å². The van der Waals surface area contributed by atoms with Crippen LogP contribution in [0, 0.1) is 13.8 Å². The van der Waals surface area contributed by atoms with E-state index in [1.807, 2.05) is 24.8 Å². The predicted octanol–water partition coefficient (Wildman–Crippen LogP) is 2.89. The van der Waals surface area contributed by atoms with Crippen molar-refractivity contribution in [3.63, 3.8) is 0 Å². The normalized spacial score (nSPS) is 17.4. The highest BCUT2D eigenvalue weighted by Crippen LogP contribution is 2.21. The maximum Gasteiger partial charge on any atom is 0.272 e. The molecular weight excluding hydrogens is 340 g/mol. The number of carbonyl (C=O) groups is 1. The number of rotatable bonds is 6. The largest absolute Gasteiger partial charge is 0.380 e. The van der Waals surface area contributed by atoms with E-state index in [-0.39, 0.29) is 11.9 Å². The van der Waals surface area contributed by atoms with Crippen LogP contribution in [0.1, 0.15) is 35.6 Å². The third-order valence-electron chi connectivity index (χ3n) is 5.06. The van der Waals surface area contributed by atoms with Crippen molar-refractivity contribution in [3.05, 3.63) is 47.3 Å². The summed E-state index contributed by atoms with van der Waals surface area (Å²) in [7, 11) is 0. The monoisotopic (exact) mass is 370 g/mol. The Labute approximate surface area is 161 Å². The Morgan fingerprint density at radius 3 is 2.63 bits per heavy atom. The molecule has 0 spiro atoms. The number of anilines is 1. The van der Waals surface area contributed by atoms with E-state index in [0.29, 0.717) is 32.0 Å². The molecular formula is C21H30N4O2. The quantitative estimate of drug-likeness (QED) is 0.734. The van der Waals surface area contributed by atoms with E-state index in [1.165, 1.54) is 11.3 Å². The molecule has 2 aromatic rings. The predicted molar refractivity (Wildman–Crippen MR) is 107 cm³/mol. The van der Waals surface area contributed by atoms with Gasteiger partial charge in [-0.1, -0.05) is 17.7 Å². The van der Waals surface area contributed by atoms with Gasteiger partial charge < -0.3 is 14.5 Å². The maximum absolute atomic E-state index is 13.2. The molecule has 1 aliphatic rings. The minimum atomic E-state index is 0.0585. The fourth-order valence-corrected chi connectivity index (χ4v) is 3.58. The number of aryl methyl sites for hydroxylation is 2. The summed E-state index contributed by atoms with van der Waals surface area (Å²) >= 11 is 0. The topological polar surface area (TPSA) is 50.6 Å². The van der Waals surface area contributed by atoms with Crippen molar-refractivity contribution >= 4 is 11.6 Å². The Hall–Kier alpha value is -2.34. The molecule has 27 heavy (non-hydrogen) atoms. The molecule has 1 amide bonds. The van der Waals surface area contributed by atoms with Gasteiger partial charge in [-0.2, -0.15) is 5.10 Å². The molecule has 1 unspecified atom stereocenters. The van der Waals surface area contributed by atoms with E-state index in [2.05, 4.69) is 48.1 Å². The Morgan fingerprint density at radius 1 is 1.22 bits per heavy atom. The molecule has 3 rings (SSSR count). The molecule has 1 saturated heterocycles. The number of piperazine rings is 1. The lowest BCUT2D eigenvalue weighted by Crippen LogP contribution is -2.54. The molecule has 1 atom stereocenters. The summed E-state index contributed by atoms with van der Waals surface area (Å²) in [6.45, 7) is 12.3. The second-order valence-corrected chi connectivity index (χ2v) is 7.22. The number of hydrogen-bond donors (Lipinski definition) is 0. The average molecular weight is 370 g/mol. The molecule has 0 bridgehead atoms. The van der Waals surface area contributed by atoms with Gasteiger partial charge in [0.25, 0.3) is 5.91 Å². The minimum Gasteiger partial charge on any atom is -0.380 e. The fraction of sp³-hybridized carbons (Fsp3) is 0.524. The molecule has 6 nitrogen and oxygen atoms in total. The van der Waals surface area contributed by atoms with Crippen molar-refractivity contribution in [2.45, 2.75) is 40.3 Å². The summed E-state index contributed by atoms with van der Waals surface area (Å²) in [5, 5.41) is 4.47. The molecule has 2 heterocycles.